The van der Waals surface area contributed by atoms with Crippen molar-refractivity contribution < 1.29 is 9.26 Å². The zero-order chi connectivity index (χ0) is 14.2. The van der Waals surface area contributed by atoms with E-state index in [1.165, 1.54) is 29.7 Å². The molecular weight excluding hydrogens is 274 g/mol. The van der Waals surface area contributed by atoms with Gasteiger partial charge in [0.1, 0.15) is 5.54 Å². The zero-order valence-corrected chi connectivity index (χ0v) is 12.6. The van der Waals surface area contributed by atoms with Crippen LogP contribution >= 0.6 is 11.3 Å². The van der Waals surface area contributed by atoms with Gasteiger partial charge < -0.3 is 15.0 Å². The van der Waals surface area contributed by atoms with Gasteiger partial charge >= 0.3 is 0 Å². The van der Waals surface area contributed by atoms with Crippen LogP contribution in [0.15, 0.2) is 10.6 Å². The molecule has 0 radical (unpaired) electrons. The van der Waals surface area contributed by atoms with Gasteiger partial charge in [0.25, 0.3) is 5.89 Å². The summed E-state index contributed by atoms with van der Waals surface area (Å²) in [5.74, 6) is 1.05. The van der Waals surface area contributed by atoms with Gasteiger partial charge in [0.15, 0.2) is 5.82 Å². The minimum atomic E-state index is -0.729. The summed E-state index contributed by atoms with van der Waals surface area (Å²) in [5.41, 5.74) is 6.84. The van der Waals surface area contributed by atoms with E-state index in [1.807, 2.05) is 6.92 Å². The van der Waals surface area contributed by atoms with Crippen LogP contribution in [0.2, 0.25) is 0 Å². The second kappa shape index (κ2) is 5.27. The Labute approximate surface area is 122 Å². The fourth-order valence-corrected chi connectivity index (χ4v) is 3.69. The third-order valence-corrected chi connectivity index (χ3v) is 4.81. The molecule has 0 spiro atoms. The van der Waals surface area contributed by atoms with Crippen molar-refractivity contribution in [3.63, 3.8) is 0 Å². The van der Waals surface area contributed by atoms with Gasteiger partial charge in [-0.05, 0) is 44.2 Å². The van der Waals surface area contributed by atoms with Crippen molar-refractivity contribution in [2.24, 2.45) is 5.73 Å². The molecule has 0 saturated carbocycles. The molecule has 1 aliphatic rings. The summed E-state index contributed by atoms with van der Waals surface area (Å²) in [6.45, 7) is 2.19. The summed E-state index contributed by atoms with van der Waals surface area (Å²) < 4.78 is 10.5. The van der Waals surface area contributed by atoms with Gasteiger partial charge in [-0.25, -0.2) is 0 Å². The molecule has 5 nitrogen and oxygen atoms in total. The maximum Gasteiger partial charge on any atom is 0.268 e. The Balaban J connectivity index is 1.88. The maximum atomic E-state index is 6.13. The lowest BCUT2D eigenvalue weighted by Crippen LogP contribution is -2.38. The molecule has 2 aromatic rings. The third-order valence-electron chi connectivity index (χ3n) is 3.59. The summed E-state index contributed by atoms with van der Waals surface area (Å²) in [6, 6.07) is 2.18. The Kier molecular flexibility index (Phi) is 3.62. The minimum absolute atomic E-state index is 0.354. The molecular formula is C14H19N3O2S. The average Bonchev–Trinajstić information content (AvgIpc) is 3.05. The molecule has 2 N–H and O–H groups in total. The molecule has 108 valence electrons. The van der Waals surface area contributed by atoms with E-state index in [9.17, 15) is 0 Å². The van der Waals surface area contributed by atoms with Gasteiger partial charge in [0, 0.05) is 12.0 Å². The molecule has 6 heteroatoms. The first kappa shape index (κ1) is 13.7. The lowest BCUT2D eigenvalue weighted by molar-refractivity contribution is 0.135. The van der Waals surface area contributed by atoms with Crippen LogP contribution in [-0.2, 0) is 23.1 Å². The van der Waals surface area contributed by atoms with Crippen LogP contribution in [0, 0.1) is 0 Å². The average molecular weight is 293 g/mol. The first-order chi connectivity index (χ1) is 9.60. The van der Waals surface area contributed by atoms with Gasteiger partial charge in [-0.15, -0.1) is 11.3 Å². The first-order valence-corrected chi connectivity index (χ1v) is 7.66. The first-order valence-electron chi connectivity index (χ1n) is 6.84. The second-order valence-electron chi connectivity index (χ2n) is 5.54. The largest absolute Gasteiger partial charge is 0.382 e. The van der Waals surface area contributed by atoms with Gasteiger partial charge in [-0.2, -0.15) is 4.98 Å². The van der Waals surface area contributed by atoms with Gasteiger partial charge in [-0.3, -0.25) is 0 Å². The van der Waals surface area contributed by atoms with E-state index in [4.69, 9.17) is 15.0 Å². The van der Waals surface area contributed by atoms with Crippen molar-refractivity contribution in [3.05, 3.63) is 22.3 Å². The quantitative estimate of drug-likeness (QED) is 0.937. The summed E-state index contributed by atoms with van der Waals surface area (Å²) in [6.07, 6.45) is 4.87. The fourth-order valence-electron chi connectivity index (χ4n) is 2.52. The molecule has 2 aromatic heterocycles. The summed E-state index contributed by atoms with van der Waals surface area (Å²) in [4.78, 5) is 6.94. The molecule has 0 fully saturated rings. The minimum Gasteiger partial charge on any atom is -0.382 e. The number of aromatic nitrogens is 2. The number of ether oxygens (including phenoxy) is 1. The normalized spacial score (nSPS) is 17.8. The molecule has 0 aliphatic heterocycles. The van der Waals surface area contributed by atoms with Crippen LogP contribution < -0.4 is 5.73 Å². The topological polar surface area (TPSA) is 74.2 Å². The molecule has 0 aromatic carbocycles. The lowest BCUT2D eigenvalue weighted by atomic mass is 9.99. The van der Waals surface area contributed by atoms with Crippen molar-refractivity contribution in [3.8, 4) is 10.8 Å². The predicted molar refractivity (Wildman–Crippen MR) is 77.7 cm³/mol. The number of aryl methyl sites for hydroxylation is 2. The predicted octanol–water partition coefficient (Wildman–Crippen LogP) is 2.50. The van der Waals surface area contributed by atoms with Crippen LogP contribution in [-0.4, -0.2) is 23.9 Å². The molecule has 1 atom stereocenters. The van der Waals surface area contributed by atoms with E-state index in [1.54, 1.807) is 18.4 Å². The van der Waals surface area contributed by atoms with Crippen molar-refractivity contribution in [1.82, 2.24) is 10.1 Å². The Morgan fingerprint density at radius 2 is 2.25 bits per heavy atom. The Morgan fingerprint density at radius 3 is 3.00 bits per heavy atom. The number of rotatable bonds is 4. The van der Waals surface area contributed by atoms with Crippen molar-refractivity contribution in [2.75, 3.05) is 13.7 Å². The fraction of sp³-hybridized carbons (Fsp3) is 0.571. The standard InChI is InChI=1S/C14H19N3O2S/c1-14(15,8-18-2)13-16-12(19-17-13)11-7-9-5-3-4-6-10(9)20-11/h7H,3-6,8,15H2,1-2H3. The second-order valence-corrected chi connectivity index (χ2v) is 6.68. The van der Waals surface area contributed by atoms with E-state index in [2.05, 4.69) is 16.2 Å². The van der Waals surface area contributed by atoms with E-state index in [0.717, 1.165) is 11.3 Å². The van der Waals surface area contributed by atoms with Gasteiger partial charge in [0.05, 0.1) is 11.5 Å². The van der Waals surface area contributed by atoms with E-state index in [0.29, 0.717) is 18.3 Å². The smallest absolute Gasteiger partial charge is 0.268 e. The van der Waals surface area contributed by atoms with E-state index in [-0.39, 0.29) is 0 Å². The third kappa shape index (κ3) is 2.51. The molecule has 0 amide bonds. The SMILES string of the molecule is COCC(C)(N)c1noc(-c2cc3c(s2)CCCC3)n1. The number of hydrogen-bond donors (Lipinski definition) is 1. The van der Waals surface area contributed by atoms with Crippen molar-refractivity contribution in [2.45, 2.75) is 38.1 Å². The highest BCUT2D eigenvalue weighted by Crippen LogP contribution is 2.35. The Hall–Kier alpha value is -1.24. The van der Waals surface area contributed by atoms with Crippen LogP contribution in [0.5, 0.6) is 0 Å². The highest BCUT2D eigenvalue weighted by molar-refractivity contribution is 7.15. The van der Waals surface area contributed by atoms with Crippen molar-refractivity contribution >= 4 is 11.3 Å². The number of nitrogens with zero attached hydrogens (tertiary/aromatic N) is 2. The van der Waals surface area contributed by atoms with Crippen molar-refractivity contribution in [1.29, 1.82) is 0 Å². The highest BCUT2D eigenvalue weighted by atomic mass is 32.1. The number of methoxy groups -OCH3 is 1. The zero-order valence-electron chi connectivity index (χ0n) is 11.8. The van der Waals surface area contributed by atoms with Crippen LogP contribution in [0.1, 0.15) is 36.0 Å². The lowest BCUT2D eigenvalue weighted by Gasteiger charge is -2.18. The summed E-state index contributed by atoms with van der Waals surface area (Å²) >= 11 is 1.76. The molecule has 1 aliphatic carbocycles. The maximum absolute atomic E-state index is 6.13. The van der Waals surface area contributed by atoms with E-state index >= 15 is 0 Å². The summed E-state index contributed by atoms with van der Waals surface area (Å²) in [5, 5.41) is 4.00. The monoisotopic (exact) mass is 293 g/mol. The van der Waals surface area contributed by atoms with Crippen LogP contribution in [0.3, 0.4) is 0 Å². The van der Waals surface area contributed by atoms with E-state index < -0.39 is 5.54 Å². The molecule has 1 unspecified atom stereocenters. The van der Waals surface area contributed by atoms with Crippen LogP contribution in [0.4, 0.5) is 0 Å². The van der Waals surface area contributed by atoms with Gasteiger partial charge in [-0.1, -0.05) is 5.16 Å². The number of hydrogen-bond acceptors (Lipinski definition) is 6. The van der Waals surface area contributed by atoms with Crippen LogP contribution in [0.25, 0.3) is 10.8 Å². The number of nitrogens with two attached hydrogens (primary N) is 1. The highest BCUT2D eigenvalue weighted by Gasteiger charge is 2.28. The summed E-state index contributed by atoms with van der Waals surface area (Å²) in [7, 11) is 1.61. The number of thiophene rings is 1. The molecule has 2 heterocycles. The Bertz CT molecular complexity index is 580. The molecule has 3 rings (SSSR count). The van der Waals surface area contributed by atoms with Gasteiger partial charge in [0.2, 0.25) is 0 Å². The molecule has 0 bridgehead atoms. The Morgan fingerprint density at radius 1 is 1.45 bits per heavy atom. The molecule has 20 heavy (non-hydrogen) atoms. The number of fused-ring (bicyclic) bond motifs is 1. The molecule has 0 saturated heterocycles.